The van der Waals surface area contributed by atoms with Gasteiger partial charge < -0.3 is 21.7 Å². The lowest BCUT2D eigenvalue weighted by molar-refractivity contribution is 0.124. The molecule has 0 radical (unpaired) electrons. The molecular formula is C14H21N3O2S. The number of aliphatic hydroxyl groups is 2. The van der Waals surface area contributed by atoms with Crippen molar-refractivity contribution in [2.45, 2.75) is 32.6 Å². The smallest absolute Gasteiger partial charge is 0.148 e. The molecule has 1 unspecified atom stereocenters. The molecule has 1 aromatic rings. The number of nitrogens with two attached hydrogens (primary N) is 2. The molecule has 6 heteroatoms. The predicted octanol–water partition coefficient (Wildman–Crippen LogP) is 1.96. The molecule has 0 aromatic carbocycles. The molecule has 6 N–H and O–H groups in total. The standard InChI is InChI=1S/C14H21N3O2S/c1-5-9(14(3,4)19)7-6-8(2)13-17-10(11(15)18)12(16)20-13/h5-7,11,18-19H,1,15-16H2,2-4H3. The van der Waals surface area contributed by atoms with Crippen molar-refractivity contribution in [1.29, 1.82) is 0 Å². The average Bonchev–Trinajstić information content (AvgIpc) is 2.70. The number of nitrogens with zero attached hydrogens (tertiary/aromatic N) is 1. The maximum Gasteiger partial charge on any atom is 0.148 e. The fourth-order valence-corrected chi connectivity index (χ4v) is 2.38. The zero-order valence-electron chi connectivity index (χ0n) is 11.9. The number of hydrogen-bond donors (Lipinski definition) is 4. The molecule has 110 valence electrons. The van der Waals surface area contributed by atoms with E-state index < -0.39 is 11.8 Å². The summed E-state index contributed by atoms with van der Waals surface area (Å²) in [7, 11) is 0. The highest BCUT2D eigenvalue weighted by molar-refractivity contribution is 7.16. The Hall–Kier alpha value is -1.47. The molecule has 0 fully saturated rings. The lowest BCUT2D eigenvalue weighted by Gasteiger charge is -2.18. The van der Waals surface area contributed by atoms with Gasteiger partial charge in [-0.25, -0.2) is 4.98 Å². The van der Waals surface area contributed by atoms with Gasteiger partial charge in [0.05, 0.1) is 5.60 Å². The molecule has 0 aliphatic carbocycles. The molecule has 0 aliphatic heterocycles. The maximum atomic E-state index is 9.93. The predicted molar refractivity (Wildman–Crippen MR) is 83.9 cm³/mol. The highest BCUT2D eigenvalue weighted by atomic mass is 32.1. The lowest BCUT2D eigenvalue weighted by atomic mass is 9.97. The van der Waals surface area contributed by atoms with Crippen molar-refractivity contribution in [2.75, 3.05) is 5.73 Å². The van der Waals surface area contributed by atoms with Gasteiger partial charge in [-0.3, -0.25) is 0 Å². The molecule has 0 spiro atoms. The molecule has 0 saturated heterocycles. The summed E-state index contributed by atoms with van der Waals surface area (Å²) >= 11 is 1.26. The average molecular weight is 295 g/mol. The quantitative estimate of drug-likeness (QED) is 0.491. The minimum atomic E-state index is -1.18. The van der Waals surface area contributed by atoms with Crippen LogP contribution in [0.2, 0.25) is 0 Å². The second kappa shape index (κ2) is 6.32. The van der Waals surface area contributed by atoms with E-state index in [-0.39, 0.29) is 5.69 Å². The van der Waals surface area contributed by atoms with Crippen LogP contribution in [0.15, 0.2) is 30.4 Å². The number of thiazole rings is 1. The van der Waals surface area contributed by atoms with Gasteiger partial charge in [-0.15, -0.1) is 0 Å². The molecule has 0 aliphatic rings. The van der Waals surface area contributed by atoms with E-state index in [1.165, 1.54) is 11.3 Å². The van der Waals surface area contributed by atoms with Gasteiger partial charge in [0.2, 0.25) is 0 Å². The van der Waals surface area contributed by atoms with Crippen LogP contribution in [-0.2, 0) is 0 Å². The first-order valence-electron chi connectivity index (χ1n) is 6.11. The van der Waals surface area contributed by atoms with Crippen molar-refractivity contribution in [2.24, 2.45) is 5.73 Å². The van der Waals surface area contributed by atoms with Crippen LogP contribution in [0.5, 0.6) is 0 Å². The molecule has 20 heavy (non-hydrogen) atoms. The Morgan fingerprint density at radius 1 is 1.45 bits per heavy atom. The van der Waals surface area contributed by atoms with E-state index in [0.717, 1.165) is 5.57 Å². The van der Waals surface area contributed by atoms with Crippen LogP contribution in [0.25, 0.3) is 5.57 Å². The van der Waals surface area contributed by atoms with E-state index >= 15 is 0 Å². The molecular weight excluding hydrogens is 274 g/mol. The van der Waals surface area contributed by atoms with Crippen LogP contribution in [-0.4, -0.2) is 20.8 Å². The molecule has 0 bridgehead atoms. The Labute approximate surface area is 123 Å². The van der Waals surface area contributed by atoms with Gasteiger partial charge in [-0.05, 0) is 31.9 Å². The number of aromatic nitrogens is 1. The van der Waals surface area contributed by atoms with Gasteiger partial charge in [0, 0.05) is 0 Å². The van der Waals surface area contributed by atoms with E-state index in [1.54, 1.807) is 26.0 Å². The summed E-state index contributed by atoms with van der Waals surface area (Å²) in [6.45, 7) is 8.92. The summed E-state index contributed by atoms with van der Waals surface area (Å²) < 4.78 is 0. The zero-order valence-corrected chi connectivity index (χ0v) is 12.7. The second-order valence-corrected chi connectivity index (χ2v) is 5.98. The minimum absolute atomic E-state index is 0.285. The van der Waals surface area contributed by atoms with Crippen molar-refractivity contribution < 1.29 is 10.2 Å². The third kappa shape index (κ3) is 4.01. The Morgan fingerprint density at radius 2 is 2.05 bits per heavy atom. The van der Waals surface area contributed by atoms with Crippen molar-refractivity contribution in [1.82, 2.24) is 4.98 Å². The summed E-state index contributed by atoms with van der Waals surface area (Å²) in [5.74, 6) is 0. The van der Waals surface area contributed by atoms with Crippen molar-refractivity contribution >= 4 is 21.9 Å². The summed E-state index contributed by atoms with van der Waals surface area (Å²) in [6, 6.07) is 0. The fraction of sp³-hybridized carbons (Fsp3) is 0.357. The topological polar surface area (TPSA) is 105 Å². The van der Waals surface area contributed by atoms with Gasteiger partial charge in [0.1, 0.15) is 21.9 Å². The summed E-state index contributed by atoms with van der Waals surface area (Å²) in [6.07, 6.45) is 4.02. The van der Waals surface area contributed by atoms with E-state index in [4.69, 9.17) is 11.5 Å². The number of hydrogen-bond acceptors (Lipinski definition) is 6. The van der Waals surface area contributed by atoms with E-state index in [1.807, 2.05) is 13.0 Å². The van der Waals surface area contributed by atoms with Crippen molar-refractivity contribution in [3.8, 4) is 0 Å². The van der Waals surface area contributed by atoms with Gasteiger partial charge >= 0.3 is 0 Å². The van der Waals surface area contributed by atoms with E-state index in [2.05, 4.69) is 11.6 Å². The molecule has 5 nitrogen and oxygen atoms in total. The Morgan fingerprint density at radius 3 is 2.45 bits per heavy atom. The normalized spacial score (nSPS) is 15.3. The monoisotopic (exact) mass is 295 g/mol. The van der Waals surface area contributed by atoms with Gasteiger partial charge in [-0.2, -0.15) is 0 Å². The number of aliphatic hydroxyl groups excluding tert-OH is 1. The molecule has 0 saturated carbocycles. The van der Waals surface area contributed by atoms with Crippen LogP contribution in [0.3, 0.4) is 0 Å². The summed E-state index contributed by atoms with van der Waals surface area (Å²) in [5, 5.41) is 20.3. The van der Waals surface area contributed by atoms with Crippen LogP contribution in [0, 0.1) is 0 Å². The third-order valence-electron chi connectivity index (χ3n) is 2.74. The lowest BCUT2D eigenvalue weighted by Crippen LogP contribution is -2.20. The first-order chi connectivity index (χ1) is 9.16. The summed E-state index contributed by atoms with van der Waals surface area (Å²) in [4.78, 5) is 4.21. The molecule has 1 atom stereocenters. The van der Waals surface area contributed by atoms with Crippen LogP contribution in [0.4, 0.5) is 5.00 Å². The van der Waals surface area contributed by atoms with Gasteiger partial charge in [-0.1, -0.05) is 36.1 Å². The number of anilines is 1. The molecule has 1 rings (SSSR count). The number of allylic oxidation sites excluding steroid dienone is 3. The zero-order chi connectivity index (χ0) is 15.5. The van der Waals surface area contributed by atoms with E-state index in [9.17, 15) is 10.2 Å². The Kier molecular flexibility index (Phi) is 5.24. The van der Waals surface area contributed by atoms with Gasteiger partial charge in [0.25, 0.3) is 0 Å². The molecule has 1 heterocycles. The Balaban J connectivity index is 3.09. The first kappa shape index (κ1) is 16.6. The SMILES string of the molecule is C=CC(=CC=C(C)c1nc(C(N)O)c(N)s1)C(C)(C)O. The Bertz CT molecular complexity index is 551. The van der Waals surface area contributed by atoms with Crippen LogP contribution < -0.4 is 11.5 Å². The van der Waals surface area contributed by atoms with Crippen molar-refractivity contribution in [3.05, 3.63) is 41.1 Å². The minimum Gasteiger partial charge on any atom is -0.389 e. The van der Waals surface area contributed by atoms with Gasteiger partial charge in [0.15, 0.2) is 0 Å². The van der Waals surface area contributed by atoms with Crippen LogP contribution in [0.1, 0.15) is 37.7 Å². The maximum absolute atomic E-state index is 9.93. The van der Waals surface area contributed by atoms with Crippen LogP contribution >= 0.6 is 11.3 Å². The molecule has 0 amide bonds. The van der Waals surface area contributed by atoms with Crippen molar-refractivity contribution in [3.63, 3.8) is 0 Å². The number of rotatable bonds is 5. The highest BCUT2D eigenvalue weighted by Crippen LogP contribution is 2.29. The fourth-order valence-electron chi connectivity index (χ4n) is 1.53. The molecule has 1 aromatic heterocycles. The largest absolute Gasteiger partial charge is 0.389 e. The third-order valence-corrected chi connectivity index (χ3v) is 3.77. The first-order valence-corrected chi connectivity index (χ1v) is 6.92. The van der Waals surface area contributed by atoms with E-state index in [0.29, 0.717) is 15.6 Å². The second-order valence-electron chi connectivity index (χ2n) is 4.95. The highest BCUT2D eigenvalue weighted by Gasteiger charge is 2.16. The number of nitrogen functional groups attached to an aromatic ring is 1. The summed E-state index contributed by atoms with van der Waals surface area (Å²) in [5.41, 5.74) is 12.0.